The smallest absolute Gasteiger partial charge is 0.226 e. The zero-order valence-corrected chi connectivity index (χ0v) is 11.9. The summed E-state index contributed by atoms with van der Waals surface area (Å²) in [6, 6.07) is 8.51. The van der Waals surface area contributed by atoms with Crippen molar-refractivity contribution < 1.29 is 9.90 Å². The van der Waals surface area contributed by atoms with Crippen molar-refractivity contribution >= 4 is 5.91 Å². The van der Waals surface area contributed by atoms with Crippen molar-refractivity contribution in [3.8, 4) is 0 Å². The molecule has 3 heteroatoms. The Morgan fingerprint density at radius 3 is 2.80 bits per heavy atom. The molecule has 1 N–H and O–H groups in total. The third-order valence-electron chi connectivity index (χ3n) is 4.82. The molecule has 2 unspecified atom stereocenters. The lowest BCUT2D eigenvalue weighted by atomic mass is 9.82. The number of aliphatic hydroxyl groups is 1. The molecule has 1 saturated heterocycles. The number of hydrogen-bond acceptors (Lipinski definition) is 2. The largest absolute Gasteiger partial charge is 0.394 e. The summed E-state index contributed by atoms with van der Waals surface area (Å²) in [6.07, 6.45) is 5.97. The van der Waals surface area contributed by atoms with Crippen LogP contribution in [0.4, 0.5) is 0 Å². The van der Waals surface area contributed by atoms with E-state index in [4.69, 9.17) is 0 Å². The van der Waals surface area contributed by atoms with Gasteiger partial charge in [-0.1, -0.05) is 24.3 Å². The minimum absolute atomic E-state index is 0.0495. The van der Waals surface area contributed by atoms with Crippen molar-refractivity contribution in [2.75, 3.05) is 13.2 Å². The van der Waals surface area contributed by atoms with E-state index in [9.17, 15) is 9.90 Å². The molecule has 1 aromatic carbocycles. The molecule has 1 aliphatic heterocycles. The van der Waals surface area contributed by atoms with Gasteiger partial charge in [0.1, 0.15) is 0 Å². The van der Waals surface area contributed by atoms with E-state index in [2.05, 4.69) is 24.3 Å². The van der Waals surface area contributed by atoms with Crippen molar-refractivity contribution in [1.29, 1.82) is 0 Å². The highest BCUT2D eigenvalue weighted by molar-refractivity contribution is 5.80. The number of fused-ring (bicyclic) bond motifs is 1. The average molecular weight is 273 g/mol. The summed E-state index contributed by atoms with van der Waals surface area (Å²) >= 11 is 0. The fourth-order valence-corrected chi connectivity index (χ4v) is 3.62. The second-order valence-corrected chi connectivity index (χ2v) is 6.07. The molecule has 0 spiro atoms. The van der Waals surface area contributed by atoms with Crippen molar-refractivity contribution in [3.63, 3.8) is 0 Å². The van der Waals surface area contributed by atoms with Crippen LogP contribution in [-0.4, -0.2) is 35.1 Å². The Balaban J connectivity index is 1.72. The van der Waals surface area contributed by atoms with Gasteiger partial charge in [0.15, 0.2) is 0 Å². The normalized spacial score (nSPS) is 26.1. The molecule has 3 rings (SSSR count). The fourth-order valence-electron chi connectivity index (χ4n) is 3.62. The van der Waals surface area contributed by atoms with E-state index < -0.39 is 0 Å². The van der Waals surface area contributed by atoms with Gasteiger partial charge in [-0.05, 0) is 49.7 Å². The number of amides is 1. The molecular weight excluding hydrogens is 250 g/mol. The Morgan fingerprint density at radius 2 is 2.00 bits per heavy atom. The summed E-state index contributed by atoms with van der Waals surface area (Å²) in [7, 11) is 0. The van der Waals surface area contributed by atoms with E-state index in [1.807, 2.05) is 4.90 Å². The maximum Gasteiger partial charge on any atom is 0.226 e. The predicted molar refractivity (Wildman–Crippen MR) is 78.4 cm³/mol. The van der Waals surface area contributed by atoms with Gasteiger partial charge in [0.2, 0.25) is 5.91 Å². The molecule has 3 nitrogen and oxygen atoms in total. The molecular formula is C17H23NO2. The van der Waals surface area contributed by atoms with Gasteiger partial charge in [0.05, 0.1) is 12.6 Å². The van der Waals surface area contributed by atoms with Crippen molar-refractivity contribution in [2.45, 2.75) is 44.6 Å². The maximum absolute atomic E-state index is 12.7. The number of rotatable bonds is 2. The molecule has 0 saturated carbocycles. The average Bonchev–Trinajstić information content (AvgIpc) is 2.53. The van der Waals surface area contributed by atoms with Crippen molar-refractivity contribution in [2.24, 2.45) is 5.92 Å². The van der Waals surface area contributed by atoms with Crippen molar-refractivity contribution in [3.05, 3.63) is 35.4 Å². The van der Waals surface area contributed by atoms with Gasteiger partial charge in [-0.25, -0.2) is 0 Å². The second kappa shape index (κ2) is 5.96. The van der Waals surface area contributed by atoms with Crippen LogP contribution in [-0.2, 0) is 17.6 Å². The minimum atomic E-state index is 0.0495. The first-order chi connectivity index (χ1) is 9.79. The van der Waals surface area contributed by atoms with E-state index in [-0.39, 0.29) is 24.5 Å². The summed E-state index contributed by atoms with van der Waals surface area (Å²) in [4.78, 5) is 14.7. The van der Waals surface area contributed by atoms with Gasteiger partial charge in [0.25, 0.3) is 0 Å². The third kappa shape index (κ3) is 2.59. The van der Waals surface area contributed by atoms with Crippen LogP contribution in [0.15, 0.2) is 24.3 Å². The van der Waals surface area contributed by atoms with E-state index in [0.717, 1.165) is 45.1 Å². The molecule has 20 heavy (non-hydrogen) atoms. The lowest BCUT2D eigenvalue weighted by molar-refractivity contribution is -0.140. The van der Waals surface area contributed by atoms with Gasteiger partial charge in [0, 0.05) is 12.5 Å². The van der Waals surface area contributed by atoms with Gasteiger partial charge in [-0.3, -0.25) is 4.79 Å². The number of aryl methyl sites for hydroxylation is 1. The van der Waals surface area contributed by atoms with Crippen LogP contribution in [0.5, 0.6) is 0 Å². The molecule has 1 aliphatic carbocycles. The van der Waals surface area contributed by atoms with Crippen LogP contribution >= 0.6 is 0 Å². The van der Waals surface area contributed by atoms with Crippen molar-refractivity contribution in [1.82, 2.24) is 4.90 Å². The summed E-state index contributed by atoms with van der Waals surface area (Å²) in [6.45, 7) is 0.928. The quantitative estimate of drug-likeness (QED) is 0.897. The van der Waals surface area contributed by atoms with Crippen LogP contribution in [0.1, 0.15) is 36.8 Å². The number of benzene rings is 1. The fraction of sp³-hybridized carbons (Fsp3) is 0.588. The Hall–Kier alpha value is -1.35. The lowest BCUT2D eigenvalue weighted by Crippen LogP contribution is -2.48. The second-order valence-electron chi connectivity index (χ2n) is 6.07. The first-order valence-electron chi connectivity index (χ1n) is 7.77. The molecule has 1 aromatic rings. The predicted octanol–water partition coefficient (Wildman–Crippen LogP) is 2.16. The minimum Gasteiger partial charge on any atom is -0.394 e. The van der Waals surface area contributed by atoms with Crippen LogP contribution in [0.3, 0.4) is 0 Å². The first kappa shape index (κ1) is 13.6. The highest BCUT2D eigenvalue weighted by atomic mass is 16.3. The molecule has 0 bridgehead atoms. The molecule has 2 aliphatic rings. The number of aliphatic hydroxyl groups excluding tert-OH is 1. The zero-order valence-electron chi connectivity index (χ0n) is 11.9. The zero-order chi connectivity index (χ0) is 13.9. The summed E-state index contributed by atoms with van der Waals surface area (Å²) < 4.78 is 0. The molecule has 1 heterocycles. The number of carbonyl (C=O) groups excluding carboxylic acids is 1. The lowest BCUT2D eigenvalue weighted by Gasteiger charge is -2.38. The number of likely N-dealkylation sites (tertiary alicyclic amines) is 1. The monoisotopic (exact) mass is 273 g/mol. The summed E-state index contributed by atoms with van der Waals surface area (Å²) in [5.41, 5.74) is 2.73. The molecule has 0 radical (unpaired) electrons. The van der Waals surface area contributed by atoms with Gasteiger partial charge >= 0.3 is 0 Å². The topological polar surface area (TPSA) is 40.5 Å². The van der Waals surface area contributed by atoms with Crippen LogP contribution in [0.2, 0.25) is 0 Å². The summed E-state index contributed by atoms with van der Waals surface area (Å²) in [5.74, 6) is 0.371. The van der Waals surface area contributed by atoms with Gasteiger partial charge in [-0.15, -0.1) is 0 Å². The van der Waals surface area contributed by atoms with Crippen LogP contribution in [0.25, 0.3) is 0 Å². The Morgan fingerprint density at radius 1 is 1.20 bits per heavy atom. The summed E-state index contributed by atoms with van der Waals surface area (Å²) in [5, 5.41) is 9.47. The van der Waals surface area contributed by atoms with E-state index in [1.165, 1.54) is 11.1 Å². The van der Waals surface area contributed by atoms with E-state index in [1.54, 1.807) is 0 Å². The number of piperidine rings is 1. The Labute approximate surface area is 120 Å². The first-order valence-corrected chi connectivity index (χ1v) is 7.77. The number of hydrogen-bond donors (Lipinski definition) is 1. The highest BCUT2D eigenvalue weighted by Crippen LogP contribution is 2.28. The Kier molecular flexibility index (Phi) is 4.06. The maximum atomic E-state index is 12.7. The number of carbonyl (C=O) groups is 1. The third-order valence-corrected chi connectivity index (χ3v) is 4.82. The van der Waals surface area contributed by atoms with E-state index >= 15 is 0 Å². The molecule has 2 atom stereocenters. The molecule has 108 valence electrons. The highest BCUT2D eigenvalue weighted by Gasteiger charge is 2.32. The number of nitrogens with zero attached hydrogens (tertiary/aromatic N) is 1. The van der Waals surface area contributed by atoms with Crippen LogP contribution in [0, 0.1) is 5.92 Å². The van der Waals surface area contributed by atoms with Gasteiger partial charge < -0.3 is 10.0 Å². The molecule has 1 amide bonds. The molecule has 1 fully saturated rings. The van der Waals surface area contributed by atoms with E-state index in [0.29, 0.717) is 0 Å². The SMILES string of the molecule is O=C(C1CCc2ccccc2C1)N1CCCCC1CO. The standard InChI is InChI=1S/C17H23NO2/c19-12-16-7-3-4-10-18(16)17(20)15-9-8-13-5-1-2-6-14(13)11-15/h1-2,5-6,15-16,19H,3-4,7-12H2. The molecule has 0 aromatic heterocycles. The Bertz CT molecular complexity index is 486. The van der Waals surface area contributed by atoms with Crippen LogP contribution < -0.4 is 0 Å². The van der Waals surface area contributed by atoms with Gasteiger partial charge in [-0.2, -0.15) is 0 Å².